The molecule has 0 unspecified atom stereocenters. The molecule has 0 bridgehead atoms. The van der Waals surface area contributed by atoms with Crippen LogP contribution in [0, 0.1) is 0 Å². The number of halogens is 2. The predicted molar refractivity (Wildman–Crippen MR) is 83.4 cm³/mol. The highest BCUT2D eigenvalue weighted by molar-refractivity contribution is 7.80. The first-order valence-electron chi connectivity index (χ1n) is 6.87. The number of hydrazone groups is 1. The molecule has 2 N–H and O–H groups in total. The van der Waals surface area contributed by atoms with Crippen LogP contribution in [-0.2, 0) is 4.74 Å². The molecule has 0 aromatic heterocycles. The van der Waals surface area contributed by atoms with Crippen molar-refractivity contribution in [3.8, 4) is 5.75 Å². The van der Waals surface area contributed by atoms with Crippen LogP contribution >= 0.6 is 12.2 Å². The molecule has 1 aliphatic heterocycles. The number of thiocarbonyl (C=S) groups is 1. The molecule has 1 atom stereocenters. The molecule has 1 fully saturated rings. The van der Waals surface area contributed by atoms with Crippen LogP contribution < -0.4 is 15.5 Å². The van der Waals surface area contributed by atoms with Gasteiger partial charge in [0, 0.05) is 18.7 Å². The minimum Gasteiger partial charge on any atom is -0.434 e. The topological polar surface area (TPSA) is 54.9 Å². The van der Waals surface area contributed by atoms with Gasteiger partial charge >= 0.3 is 6.61 Å². The normalized spacial score (nSPS) is 17.9. The summed E-state index contributed by atoms with van der Waals surface area (Å²) in [5.41, 5.74) is 3.05. The van der Waals surface area contributed by atoms with Gasteiger partial charge in [-0.2, -0.15) is 13.9 Å². The minimum absolute atomic E-state index is 0.0567. The van der Waals surface area contributed by atoms with Gasteiger partial charge in [-0.3, -0.25) is 5.43 Å². The van der Waals surface area contributed by atoms with Crippen LogP contribution in [0.4, 0.5) is 8.78 Å². The number of nitrogens with zero attached hydrogens (tertiary/aromatic N) is 1. The average Bonchev–Trinajstić information content (AvgIpc) is 3.00. The molecule has 1 saturated heterocycles. The number of nitrogens with one attached hydrogen (secondary N) is 2. The second kappa shape index (κ2) is 8.60. The van der Waals surface area contributed by atoms with Gasteiger partial charge in [-0.15, -0.1) is 0 Å². The van der Waals surface area contributed by atoms with Gasteiger partial charge in [0.05, 0.1) is 12.3 Å². The molecule has 120 valence electrons. The molecular weight excluding hydrogens is 312 g/mol. The van der Waals surface area contributed by atoms with E-state index >= 15 is 0 Å². The summed E-state index contributed by atoms with van der Waals surface area (Å²) < 4.78 is 34.4. The Kier molecular flexibility index (Phi) is 6.47. The smallest absolute Gasteiger partial charge is 0.387 e. The summed E-state index contributed by atoms with van der Waals surface area (Å²) in [6.45, 7) is -1.48. The zero-order valence-electron chi connectivity index (χ0n) is 11.8. The van der Waals surface area contributed by atoms with Gasteiger partial charge < -0.3 is 14.8 Å². The van der Waals surface area contributed by atoms with Crippen molar-refractivity contribution in [3.05, 3.63) is 29.8 Å². The maximum absolute atomic E-state index is 12.3. The summed E-state index contributed by atoms with van der Waals surface area (Å²) in [6, 6.07) is 6.37. The zero-order chi connectivity index (χ0) is 15.8. The molecule has 0 radical (unpaired) electrons. The Hall–Kier alpha value is -1.80. The van der Waals surface area contributed by atoms with Crippen molar-refractivity contribution in [2.24, 2.45) is 5.10 Å². The minimum atomic E-state index is -2.88. The SMILES string of the molecule is FC(F)Oc1ccccc1/C=N\NC(=S)NC[C@H]1CCCO1. The number of hydrogen-bond acceptors (Lipinski definition) is 4. The molecule has 0 spiro atoms. The van der Waals surface area contributed by atoms with Crippen molar-refractivity contribution in [2.75, 3.05) is 13.2 Å². The fourth-order valence-electron chi connectivity index (χ4n) is 2.00. The second-order valence-electron chi connectivity index (χ2n) is 4.63. The van der Waals surface area contributed by atoms with Gasteiger partial charge in [0.2, 0.25) is 0 Å². The van der Waals surface area contributed by atoms with E-state index in [1.165, 1.54) is 12.3 Å². The molecule has 0 amide bonds. The Balaban J connectivity index is 1.80. The van der Waals surface area contributed by atoms with Crippen molar-refractivity contribution in [1.29, 1.82) is 0 Å². The van der Waals surface area contributed by atoms with Gasteiger partial charge in [0.1, 0.15) is 5.75 Å². The Morgan fingerprint density at radius 1 is 1.50 bits per heavy atom. The van der Waals surface area contributed by atoms with Crippen LogP contribution in [0.3, 0.4) is 0 Å². The largest absolute Gasteiger partial charge is 0.434 e. The van der Waals surface area contributed by atoms with E-state index in [-0.39, 0.29) is 11.9 Å². The van der Waals surface area contributed by atoms with E-state index in [0.29, 0.717) is 17.2 Å². The van der Waals surface area contributed by atoms with Crippen LogP contribution in [0.15, 0.2) is 29.4 Å². The van der Waals surface area contributed by atoms with Gasteiger partial charge in [-0.1, -0.05) is 12.1 Å². The fourth-order valence-corrected chi connectivity index (χ4v) is 2.14. The van der Waals surface area contributed by atoms with E-state index in [9.17, 15) is 8.78 Å². The number of alkyl halides is 2. The van der Waals surface area contributed by atoms with Crippen LogP contribution in [-0.4, -0.2) is 37.2 Å². The fraction of sp³-hybridized carbons (Fsp3) is 0.429. The Morgan fingerprint density at radius 2 is 2.32 bits per heavy atom. The third kappa shape index (κ3) is 5.53. The van der Waals surface area contributed by atoms with Crippen molar-refractivity contribution < 1.29 is 18.3 Å². The van der Waals surface area contributed by atoms with Crippen molar-refractivity contribution in [2.45, 2.75) is 25.6 Å². The summed E-state index contributed by atoms with van der Waals surface area (Å²) in [4.78, 5) is 0. The quantitative estimate of drug-likeness (QED) is 0.476. The summed E-state index contributed by atoms with van der Waals surface area (Å²) in [5.74, 6) is 0.0567. The maximum Gasteiger partial charge on any atom is 0.387 e. The lowest BCUT2D eigenvalue weighted by atomic mass is 10.2. The number of benzene rings is 1. The van der Waals surface area contributed by atoms with Crippen molar-refractivity contribution >= 4 is 23.5 Å². The van der Waals surface area contributed by atoms with Crippen molar-refractivity contribution in [1.82, 2.24) is 10.7 Å². The molecule has 1 heterocycles. The van der Waals surface area contributed by atoms with Crippen LogP contribution in [0.1, 0.15) is 18.4 Å². The summed E-state index contributed by atoms with van der Waals surface area (Å²) in [6.07, 6.45) is 3.62. The standard InChI is InChI=1S/C14H17F2N3O2S/c15-13(16)21-12-6-2-1-4-10(12)8-18-19-14(22)17-9-11-5-3-7-20-11/h1-2,4,6,8,11,13H,3,5,7,9H2,(H2,17,19,22)/b18-8-/t11-/m1/s1. The molecule has 5 nitrogen and oxygen atoms in total. The molecule has 0 saturated carbocycles. The number of rotatable bonds is 6. The van der Waals surface area contributed by atoms with Gasteiger partial charge in [0.15, 0.2) is 5.11 Å². The van der Waals surface area contributed by atoms with Gasteiger partial charge in [0.25, 0.3) is 0 Å². The van der Waals surface area contributed by atoms with Crippen LogP contribution in [0.5, 0.6) is 5.75 Å². The van der Waals surface area contributed by atoms with Crippen LogP contribution in [0.25, 0.3) is 0 Å². The highest BCUT2D eigenvalue weighted by atomic mass is 32.1. The molecule has 1 aliphatic rings. The Bertz CT molecular complexity index is 523. The third-order valence-corrected chi connectivity index (χ3v) is 3.25. The molecule has 22 heavy (non-hydrogen) atoms. The lowest BCUT2D eigenvalue weighted by molar-refractivity contribution is -0.0499. The first-order chi connectivity index (χ1) is 10.6. The van der Waals surface area contributed by atoms with E-state index in [1.54, 1.807) is 18.2 Å². The number of hydrogen-bond donors (Lipinski definition) is 2. The number of ether oxygens (including phenoxy) is 2. The summed E-state index contributed by atoms with van der Waals surface area (Å²) in [5, 5.41) is 7.24. The Morgan fingerprint density at radius 3 is 3.05 bits per heavy atom. The zero-order valence-corrected chi connectivity index (χ0v) is 12.6. The summed E-state index contributed by atoms with van der Waals surface area (Å²) in [7, 11) is 0. The highest BCUT2D eigenvalue weighted by Crippen LogP contribution is 2.18. The molecular formula is C14H17F2N3O2S. The van der Waals surface area contributed by atoms with Gasteiger partial charge in [-0.05, 0) is 37.2 Å². The highest BCUT2D eigenvalue weighted by Gasteiger charge is 2.15. The molecule has 2 rings (SSSR count). The van der Waals surface area contributed by atoms with Crippen LogP contribution in [0.2, 0.25) is 0 Å². The Labute approximate surface area is 132 Å². The van der Waals surface area contributed by atoms with E-state index < -0.39 is 6.61 Å². The monoisotopic (exact) mass is 329 g/mol. The molecule has 8 heteroatoms. The third-order valence-electron chi connectivity index (χ3n) is 3.02. The average molecular weight is 329 g/mol. The lowest BCUT2D eigenvalue weighted by Crippen LogP contribution is -2.37. The first-order valence-corrected chi connectivity index (χ1v) is 7.28. The lowest BCUT2D eigenvalue weighted by Gasteiger charge is -2.12. The molecule has 1 aromatic rings. The second-order valence-corrected chi connectivity index (χ2v) is 5.04. The molecule has 0 aliphatic carbocycles. The van der Waals surface area contributed by atoms with E-state index in [4.69, 9.17) is 17.0 Å². The van der Waals surface area contributed by atoms with Gasteiger partial charge in [-0.25, -0.2) is 0 Å². The van der Waals surface area contributed by atoms with E-state index in [2.05, 4.69) is 20.6 Å². The molecule has 1 aromatic carbocycles. The van der Waals surface area contributed by atoms with E-state index in [0.717, 1.165) is 19.4 Å². The number of para-hydroxylation sites is 1. The van der Waals surface area contributed by atoms with E-state index in [1.807, 2.05) is 0 Å². The maximum atomic E-state index is 12.3. The van der Waals surface area contributed by atoms with Crippen molar-refractivity contribution in [3.63, 3.8) is 0 Å². The summed E-state index contributed by atoms with van der Waals surface area (Å²) >= 11 is 5.06. The first kappa shape index (κ1) is 16.6. The predicted octanol–water partition coefficient (Wildman–Crippen LogP) is 2.26.